The number of aliphatic hydroxyl groups excluding tert-OH is 1. The third-order valence-electron chi connectivity index (χ3n) is 7.55. The number of anilines is 1. The molecule has 1 saturated heterocycles. The first-order chi connectivity index (χ1) is 18.9. The number of halogens is 2. The van der Waals surface area contributed by atoms with E-state index in [0.29, 0.717) is 60.4 Å². The fourth-order valence-electron chi connectivity index (χ4n) is 5.28. The molecule has 0 unspecified atom stereocenters. The number of nitrogens with zero attached hydrogens (tertiary/aromatic N) is 1. The first-order valence-corrected chi connectivity index (χ1v) is 15.3. The largest absolute Gasteiger partial charge is 0.391 e. The Morgan fingerprint density at radius 1 is 1.15 bits per heavy atom. The van der Waals surface area contributed by atoms with E-state index in [-0.39, 0.29) is 32.5 Å². The second-order valence-electron chi connectivity index (χ2n) is 10.2. The van der Waals surface area contributed by atoms with Gasteiger partial charge in [0.2, 0.25) is 5.91 Å². The average Bonchev–Trinajstić information content (AvgIpc) is 3.55. The molecule has 1 fully saturated rings. The summed E-state index contributed by atoms with van der Waals surface area (Å²) in [7, 11) is -3.83. The zero-order valence-electron chi connectivity index (χ0n) is 22.1. The van der Waals surface area contributed by atoms with Gasteiger partial charge < -0.3 is 20.3 Å². The van der Waals surface area contributed by atoms with Crippen LogP contribution in [0.2, 0.25) is 10.0 Å². The monoisotopic (exact) mass is 601 g/mol. The number of aromatic amines is 1. The van der Waals surface area contributed by atoms with Crippen molar-refractivity contribution in [1.29, 1.82) is 0 Å². The lowest BCUT2D eigenvalue weighted by Crippen LogP contribution is -2.29. The molecule has 0 radical (unpaired) electrons. The molecular weight excluding hydrogens is 573 g/mol. The molecule has 3 aromatic rings. The molecule has 2 amide bonds. The number of aryl methyl sites for hydroxylation is 1. The predicted octanol–water partition coefficient (Wildman–Crippen LogP) is 4.93. The molecule has 8 nitrogen and oxygen atoms in total. The Morgan fingerprint density at radius 3 is 2.55 bits per heavy atom. The number of rotatable bonds is 7. The molecule has 3 heterocycles. The van der Waals surface area contributed by atoms with Crippen molar-refractivity contribution in [2.45, 2.75) is 49.9 Å². The minimum absolute atomic E-state index is 0.00682. The minimum Gasteiger partial charge on any atom is -0.391 e. The highest BCUT2D eigenvalue weighted by Crippen LogP contribution is 2.37. The lowest BCUT2D eigenvalue weighted by atomic mass is 10.0. The Balaban J connectivity index is 1.41. The second kappa shape index (κ2) is 11.0. The van der Waals surface area contributed by atoms with Gasteiger partial charge in [-0.1, -0.05) is 29.3 Å². The SMILES string of the molecule is Cc1[nH]c(C=C2C(=O)Nc3ccc(S(=O)(=O)Cc4c(Cl)cccc4Cl)cc32)c(C)c1CCC(=O)N1CC[C@@H](O)C1. The normalized spacial score (nSPS) is 17.9. The summed E-state index contributed by atoms with van der Waals surface area (Å²) in [5, 5.41) is 13.1. The fraction of sp³-hybridized carbons (Fsp3) is 0.310. The number of fused-ring (bicyclic) bond motifs is 1. The Kier molecular flexibility index (Phi) is 7.85. The molecule has 11 heteroatoms. The van der Waals surface area contributed by atoms with E-state index in [2.05, 4.69) is 10.3 Å². The summed E-state index contributed by atoms with van der Waals surface area (Å²) < 4.78 is 26.6. The predicted molar refractivity (Wildman–Crippen MR) is 156 cm³/mol. The molecule has 40 heavy (non-hydrogen) atoms. The van der Waals surface area contributed by atoms with Crippen molar-refractivity contribution in [3.63, 3.8) is 0 Å². The van der Waals surface area contributed by atoms with Crippen LogP contribution in [0.3, 0.4) is 0 Å². The Hall–Kier alpha value is -3.11. The van der Waals surface area contributed by atoms with Crippen LogP contribution in [0.5, 0.6) is 0 Å². The van der Waals surface area contributed by atoms with Gasteiger partial charge in [-0.3, -0.25) is 9.59 Å². The highest BCUT2D eigenvalue weighted by atomic mass is 35.5. The maximum absolute atomic E-state index is 13.3. The van der Waals surface area contributed by atoms with Crippen LogP contribution in [0.4, 0.5) is 5.69 Å². The maximum Gasteiger partial charge on any atom is 0.256 e. The molecule has 2 aromatic carbocycles. The van der Waals surface area contributed by atoms with Crippen LogP contribution < -0.4 is 5.32 Å². The highest BCUT2D eigenvalue weighted by Gasteiger charge is 2.29. The van der Waals surface area contributed by atoms with E-state index < -0.39 is 15.9 Å². The van der Waals surface area contributed by atoms with E-state index >= 15 is 0 Å². The summed E-state index contributed by atoms with van der Waals surface area (Å²) in [6.45, 7) is 4.79. The molecule has 0 aliphatic carbocycles. The molecule has 2 aliphatic rings. The summed E-state index contributed by atoms with van der Waals surface area (Å²) in [6.07, 6.45) is 2.71. The topological polar surface area (TPSA) is 120 Å². The number of amides is 2. The second-order valence-corrected chi connectivity index (χ2v) is 13.0. The standard InChI is InChI=1S/C29H29Cl2N3O5S/c1-16-20(7-9-28(36)34-11-10-18(35)14-34)17(2)32-27(16)13-22-21-12-19(6-8-26(21)33-29(22)37)40(38,39)15-23-24(30)4-3-5-25(23)31/h3-6,8,12-13,18,32,35H,7,9-11,14-15H2,1-2H3,(H,33,37)/t18-/m1/s1. The van der Waals surface area contributed by atoms with Crippen LogP contribution in [-0.4, -0.2) is 54.4 Å². The van der Waals surface area contributed by atoms with Crippen LogP contribution in [0, 0.1) is 13.8 Å². The molecule has 210 valence electrons. The van der Waals surface area contributed by atoms with Crippen LogP contribution >= 0.6 is 23.2 Å². The number of β-amino-alcohol motifs (C(OH)–C–C–N with tert-alkyl or cyclic N) is 1. The van der Waals surface area contributed by atoms with Crippen LogP contribution in [0.25, 0.3) is 11.6 Å². The van der Waals surface area contributed by atoms with Gasteiger partial charge >= 0.3 is 0 Å². The van der Waals surface area contributed by atoms with Gasteiger partial charge in [0.25, 0.3) is 5.91 Å². The van der Waals surface area contributed by atoms with E-state index in [1.165, 1.54) is 12.1 Å². The number of hydrogen-bond donors (Lipinski definition) is 3. The van der Waals surface area contributed by atoms with Gasteiger partial charge in [-0.15, -0.1) is 0 Å². The van der Waals surface area contributed by atoms with Gasteiger partial charge in [0.1, 0.15) is 0 Å². The van der Waals surface area contributed by atoms with Gasteiger partial charge in [0.05, 0.1) is 22.3 Å². The summed E-state index contributed by atoms with van der Waals surface area (Å²) in [6, 6.07) is 9.36. The molecule has 0 bridgehead atoms. The number of aromatic nitrogens is 1. The minimum atomic E-state index is -3.83. The van der Waals surface area contributed by atoms with Crippen molar-refractivity contribution in [2.75, 3.05) is 18.4 Å². The van der Waals surface area contributed by atoms with Gasteiger partial charge in [-0.2, -0.15) is 0 Å². The molecule has 3 N–H and O–H groups in total. The quantitative estimate of drug-likeness (QED) is 0.332. The number of hydrogen-bond acceptors (Lipinski definition) is 5. The number of carbonyl (C=O) groups is 2. The fourth-order valence-corrected chi connectivity index (χ4v) is 7.40. The van der Waals surface area contributed by atoms with Crippen molar-refractivity contribution < 1.29 is 23.1 Å². The maximum atomic E-state index is 13.3. The Morgan fingerprint density at radius 2 is 1.88 bits per heavy atom. The van der Waals surface area contributed by atoms with Crippen molar-refractivity contribution in [3.8, 4) is 0 Å². The summed E-state index contributed by atoms with van der Waals surface area (Å²) in [5.41, 5.74) is 5.17. The number of carbonyl (C=O) groups excluding carboxylic acids is 2. The van der Waals surface area contributed by atoms with E-state index in [1.54, 1.807) is 35.2 Å². The van der Waals surface area contributed by atoms with Crippen LogP contribution in [-0.2, 0) is 31.6 Å². The molecule has 2 aliphatic heterocycles. The average molecular weight is 603 g/mol. The van der Waals surface area contributed by atoms with E-state index in [4.69, 9.17) is 23.2 Å². The van der Waals surface area contributed by atoms with Gasteiger partial charge in [-0.05, 0) is 74.2 Å². The lowest BCUT2D eigenvalue weighted by molar-refractivity contribution is -0.130. The Bertz CT molecular complexity index is 1640. The molecule has 0 spiro atoms. The zero-order valence-corrected chi connectivity index (χ0v) is 24.4. The lowest BCUT2D eigenvalue weighted by Gasteiger charge is -2.15. The van der Waals surface area contributed by atoms with Crippen molar-refractivity contribution >= 4 is 62.2 Å². The van der Waals surface area contributed by atoms with E-state index in [9.17, 15) is 23.1 Å². The number of sulfone groups is 1. The molecule has 5 rings (SSSR count). The van der Waals surface area contributed by atoms with Crippen molar-refractivity contribution in [2.24, 2.45) is 0 Å². The number of H-pyrrole nitrogens is 1. The number of aliphatic hydroxyl groups is 1. The van der Waals surface area contributed by atoms with Gasteiger partial charge in [0, 0.05) is 57.8 Å². The number of nitrogens with one attached hydrogen (secondary N) is 2. The number of likely N-dealkylation sites (tertiary alicyclic amines) is 1. The van der Waals surface area contributed by atoms with E-state index in [1.807, 2.05) is 13.8 Å². The van der Waals surface area contributed by atoms with Crippen molar-refractivity contribution in [3.05, 3.63) is 80.1 Å². The highest BCUT2D eigenvalue weighted by molar-refractivity contribution is 7.90. The van der Waals surface area contributed by atoms with Crippen LogP contribution in [0.15, 0.2) is 41.3 Å². The van der Waals surface area contributed by atoms with Crippen LogP contribution in [0.1, 0.15) is 46.5 Å². The molecular formula is C29H29Cl2N3O5S. The smallest absolute Gasteiger partial charge is 0.256 e. The summed E-state index contributed by atoms with van der Waals surface area (Å²) >= 11 is 12.4. The summed E-state index contributed by atoms with van der Waals surface area (Å²) in [5.74, 6) is -0.708. The van der Waals surface area contributed by atoms with Gasteiger partial charge in [-0.25, -0.2) is 8.42 Å². The third-order valence-corrected chi connectivity index (χ3v) is 9.90. The first-order valence-electron chi connectivity index (χ1n) is 12.9. The van der Waals surface area contributed by atoms with Gasteiger partial charge in [0.15, 0.2) is 9.84 Å². The molecule has 0 saturated carbocycles. The van der Waals surface area contributed by atoms with Crippen molar-refractivity contribution in [1.82, 2.24) is 9.88 Å². The summed E-state index contributed by atoms with van der Waals surface area (Å²) in [4.78, 5) is 30.6. The molecule has 1 aromatic heterocycles. The Labute approximate surface area is 242 Å². The molecule has 1 atom stereocenters. The first kappa shape index (κ1) is 28.4. The third kappa shape index (κ3) is 5.56. The zero-order chi connectivity index (χ0) is 28.8. The van der Waals surface area contributed by atoms with E-state index in [0.717, 1.165) is 16.8 Å². The number of benzene rings is 2.